The van der Waals surface area contributed by atoms with E-state index in [1.165, 1.54) is 90.4 Å². The Morgan fingerprint density at radius 1 is 1.05 bits per heavy atom. The lowest BCUT2D eigenvalue weighted by molar-refractivity contribution is 0.0667. The highest BCUT2D eigenvalue weighted by atomic mass is 15.1. The fourth-order valence-corrected chi connectivity index (χ4v) is 4.17. The lowest BCUT2D eigenvalue weighted by Gasteiger charge is -2.44. The van der Waals surface area contributed by atoms with Gasteiger partial charge in [-0.05, 0) is 83.5 Å². The first-order chi connectivity index (χ1) is 9.74. The molecule has 1 unspecified atom stereocenters. The molecule has 2 aliphatic rings. The first-order valence-corrected chi connectivity index (χ1v) is 9.20. The number of likely N-dealkylation sites (tertiary alicyclic amines) is 1. The molecule has 2 nitrogen and oxygen atoms in total. The van der Waals surface area contributed by atoms with Gasteiger partial charge in [0.1, 0.15) is 0 Å². The smallest absolute Gasteiger partial charge is 0.00391 e. The van der Waals surface area contributed by atoms with E-state index in [0.29, 0.717) is 6.04 Å². The van der Waals surface area contributed by atoms with E-state index < -0.39 is 0 Å². The van der Waals surface area contributed by atoms with Crippen LogP contribution in [0.5, 0.6) is 0 Å². The lowest BCUT2D eigenvalue weighted by Crippen LogP contribution is -2.41. The molecule has 1 heterocycles. The van der Waals surface area contributed by atoms with E-state index in [2.05, 4.69) is 24.1 Å². The molecule has 1 saturated carbocycles. The summed E-state index contributed by atoms with van der Waals surface area (Å²) in [6, 6.07) is 0.699. The molecule has 0 radical (unpaired) electrons. The first-order valence-electron chi connectivity index (χ1n) is 9.20. The van der Waals surface area contributed by atoms with Gasteiger partial charge in [-0.3, -0.25) is 0 Å². The predicted molar refractivity (Wildman–Crippen MR) is 88.2 cm³/mol. The molecule has 2 rings (SSSR count). The van der Waals surface area contributed by atoms with E-state index >= 15 is 0 Å². The van der Waals surface area contributed by atoms with Gasteiger partial charge in [-0.25, -0.2) is 0 Å². The number of rotatable bonds is 7. The van der Waals surface area contributed by atoms with Gasteiger partial charge >= 0.3 is 0 Å². The van der Waals surface area contributed by atoms with E-state index in [-0.39, 0.29) is 0 Å². The van der Waals surface area contributed by atoms with E-state index in [9.17, 15) is 0 Å². The van der Waals surface area contributed by atoms with Gasteiger partial charge in [0.15, 0.2) is 0 Å². The number of hydrogen-bond donors (Lipinski definition) is 1. The Balaban J connectivity index is 1.57. The first kappa shape index (κ1) is 16.3. The fourth-order valence-electron chi connectivity index (χ4n) is 4.17. The Bertz CT molecular complexity index is 248. The molecule has 0 aromatic rings. The van der Waals surface area contributed by atoms with Crippen LogP contribution >= 0.6 is 0 Å². The monoisotopic (exact) mass is 280 g/mol. The van der Waals surface area contributed by atoms with Crippen LogP contribution < -0.4 is 5.32 Å². The minimum atomic E-state index is 0.699. The minimum Gasteiger partial charge on any atom is -0.314 e. The molecule has 0 bridgehead atoms. The van der Waals surface area contributed by atoms with E-state index in [1.54, 1.807) is 0 Å². The minimum absolute atomic E-state index is 0.699. The topological polar surface area (TPSA) is 15.3 Å². The zero-order valence-electron chi connectivity index (χ0n) is 13.9. The fraction of sp³-hybridized carbons (Fsp3) is 1.00. The van der Waals surface area contributed by atoms with E-state index in [4.69, 9.17) is 0 Å². The molecule has 1 saturated heterocycles. The summed E-state index contributed by atoms with van der Waals surface area (Å²) in [6.45, 7) is 9.83. The number of nitrogens with one attached hydrogen (secondary N) is 1. The van der Waals surface area contributed by atoms with Gasteiger partial charge in [0.25, 0.3) is 0 Å². The third kappa shape index (κ3) is 5.04. The van der Waals surface area contributed by atoms with Crippen LogP contribution in [0.25, 0.3) is 0 Å². The molecule has 1 aliphatic carbocycles. The zero-order valence-corrected chi connectivity index (χ0v) is 13.9. The van der Waals surface area contributed by atoms with Crippen molar-refractivity contribution in [3.63, 3.8) is 0 Å². The van der Waals surface area contributed by atoms with Crippen molar-refractivity contribution in [2.75, 3.05) is 26.2 Å². The van der Waals surface area contributed by atoms with Crippen LogP contribution in [0.4, 0.5) is 0 Å². The molecule has 0 aromatic heterocycles. The van der Waals surface area contributed by atoms with Gasteiger partial charge < -0.3 is 10.2 Å². The summed E-state index contributed by atoms with van der Waals surface area (Å²) >= 11 is 0. The van der Waals surface area contributed by atoms with Crippen LogP contribution in [0, 0.1) is 5.41 Å². The summed E-state index contributed by atoms with van der Waals surface area (Å²) in [5, 5.41) is 3.60. The van der Waals surface area contributed by atoms with Gasteiger partial charge in [0.2, 0.25) is 0 Å². The molecule has 0 aromatic carbocycles. The Morgan fingerprint density at radius 2 is 1.75 bits per heavy atom. The van der Waals surface area contributed by atoms with Crippen molar-refractivity contribution in [1.82, 2.24) is 10.2 Å². The summed E-state index contributed by atoms with van der Waals surface area (Å²) in [7, 11) is 0. The Hall–Kier alpha value is -0.0800. The maximum Gasteiger partial charge on any atom is 0.00391 e. The maximum atomic E-state index is 3.60. The molecule has 20 heavy (non-hydrogen) atoms. The van der Waals surface area contributed by atoms with Gasteiger partial charge in [-0.15, -0.1) is 0 Å². The molecule has 1 atom stereocenters. The average molecular weight is 280 g/mol. The van der Waals surface area contributed by atoms with Crippen LogP contribution in [-0.4, -0.2) is 37.1 Å². The summed E-state index contributed by atoms with van der Waals surface area (Å²) in [4.78, 5) is 2.73. The lowest BCUT2D eigenvalue weighted by atomic mass is 9.68. The second-order valence-electron chi connectivity index (χ2n) is 7.40. The normalized spacial score (nSPS) is 24.9. The molecule has 1 aliphatic heterocycles. The number of hydrogen-bond acceptors (Lipinski definition) is 2. The van der Waals surface area contributed by atoms with Gasteiger partial charge in [-0.2, -0.15) is 0 Å². The summed E-state index contributed by atoms with van der Waals surface area (Å²) in [5.74, 6) is 0. The summed E-state index contributed by atoms with van der Waals surface area (Å²) in [6.07, 6.45) is 14.5. The van der Waals surface area contributed by atoms with Crippen molar-refractivity contribution >= 4 is 0 Å². The zero-order chi connectivity index (χ0) is 14.3. The van der Waals surface area contributed by atoms with E-state index in [0.717, 1.165) is 5.41 Å². The van der Waals surface area contributed by atoms with Crippen LogP contribution in [0.3, 0.4) is 0 Å². The van der Waals surface area contributed by atoms with Crippen LogP contribution in [0.1, 0.15) is 78.1 Å². The third-order valence-corrected chi connectivity index (χ3v) is 5.69. The Morgan fingerprint density at radius 3 is 2.40 bits per heavy atom. The van der Waals surface area contributed by atoms with Crippen molar-refractivity contribution in [3.05, 3.63) is 0 Å². The number of nitrogens with zero attached hydrogens (tertiary/aromatic N) is 1. The summed E-state index contributed by atoms with van der Waals surface area (Å²) < 4.78 is 0. The van der Waals surface area contributed by atoms with Crippen molar-refractivity contribution in [1.29, 1.82) is 0 Å². The van der Waals surface area contributed by atoms with Gasteiger partial charge in [0.05, 0.1) is 0 Å². The quantitative estimate of drug-likeness (QED) is 0.752. The Labute approximate surface area is 126 Å². The third-order valence-electron chi connectivity index (χ3n) is 5.69. The van der Waals surface area contributed by atoms with E-state index in [1.807, 2.05) is 0 Å². The van der Waals surface area contributed by atoms with Crippen molar-refractivity contribution < 1.29 is 0 Å². The molecule has 2 heteroatoms. The molecule has 1 spiro atoms. The largest absolute Gasteiger partial charge is 0.314 e. The van der Waals surface area contributed by atoms with Crippen molar-refractivity contribution in [2.24, 2.45) is 5.41 Å². The SMILES string of the molecule is CCCNC(C)CCCN1CCC2(CCCCC2)CC1. The maximum absolute atomic E-state index is 3.60. The molecule has 0 amide bonds. The highest BCUT2D eigenvalue weighted by molar-refractivity contribution is 4.88. The van der Waals surface area contributed by atoms with Crippen LogP contribution in [0.15, 0.2) is 0 Å². The van der Waals surface area contributed by atoms with Crippen LogP contribution in [-0.2, 0) is 0 Å². The Kier molecular flexibility index (Phi) is 6.83. The van der Waals surface area contributed by atoms with Crippen molar-refractivity contribution in [3.8, 4) is 0 Å². The second-order valence-corrected chi connectivity index (χ2v) is 7.40. The van der Waals surface area contributed by atoms with Gasteiger partial charge in [0, 0.05) is 6.04 Å². The molecule has 118 valence electrons. The molecular formula is C18H36N2. The molecular weight excluding hydrogens is 244 g/mol. The average Bonchev–Trinajstić information content (AvgIpc) is 2.48. The predicted octanol–water partition coefficient (Wildman–Crippen LogP) is 4.20. The number of piperidine rings is 1. The van der Waals surface area contributed by atoms with Crippen LogP contribution in [0.2, 0.25) is 0 Å². The molecule has 2 fully saturated rings. The van der Waals surface area contributed by atoms with Crippen molar-refractivity contribution in [2.45, 2.75) is 84.1 Å². The second kappa shape index (κ2) is 8.38. The summed E-state index contributed by atoms with van der Waals surface area (Å²) in [5.41, 5.74) is 0.769. The van der Waals surface area contributed by atoms with Gasteiger partial charge in [-0.1, -0.05) is 26.2 Å². The highest BCUT2D eigenvalue weighted by Gasteiger charge is 2.35. The molecule has 1 N–H and O–H groups in total. The highest BCUT2D eigenvalue weighted by Crippen LogP contribution is 2.44. The standard InChI is InChI=1S/C18H36N2/c1-3-13-19-17(2)8-7-14-20-15-11-18(12-16-20)9-5-4-6-10-18/h17,19H,3-16H2,1-2H3.